The lowest BCUT2D eigenvalue weighted by Gasteiger charge is -2.17. The Labute approximate surface area is 86.7 Å². The van der Waals surface area contributed by atoms with Crippen molar-refractivity contribution in [1.82, 2.24) is 4.90 Å². The molecule has 1 N–H and O–H groups in total. The summed E-state index contributed by atoms with van der Waals surface area (Å²) in [4.78, 5) is 13.6. The number of nitrogens with zero attached hydrogens (tertiary/aromatic N) is 1. The number of hydrogen-bond acceptors (Lipinski definition) is 2. The number of hydrogen-bond donors (Lipinski definition) is 1. The zero-order chi connectivity index (χ0) is 9.54. The van der Waals surface area contributed by atoms with E-state index >= 15 is 0 Å². The van der Waals surface area contributed by atoms with E-state index < -0.39 is 0 Å². The molecule has 1 saturated carbocycles. The molecule has 3 nitrogen and oxygen atoms in total. The van der Waals surface area contributed by atoms with Crippen LogP contribution in [0.1, 0.15) is 6.42 Å². The molecule has 0 radical (unpaired) electrons. The van der Waals surface area contributed by atoms with Gasteiger partial charge in [-0.25, -0.2) is 4.79 Å². The van der Waals surface area contributed by atoms with Crippen molar-refractivity contribution >= 4 is 22.4 Å². The SMILES string of the molecule is O=C(Nc1cccs1)N1CC2CC2C1. The molecule has 2 heterocycles. The molecule has 0 bridgehead atoms. The van der Waals surface area contributed by atoms with Crippen LogP contribution in [0.25, 0.3) is 0 Å². The van der Waals surface area contributed by atoms with E-state index in [0.29, 0.717) is 0 Å². The summed E-state index contributed by atoms with van der Waals surface area (Å²) in [6.07, 6.45) is 1.34. The molecule has 2 amide bonds. The van der Waals surface area contributed by atoms with Crippen LogP contribution in [0.3, 0.4) is 0 Å². The highest BCUT2D eigenvalue weighted by molar-refractivity contribution is 7.14. The van der Waals surface area contributed by atoms with Crippen molar-refractivity contribution in [3.63, 3.8) is 0 Å². The fourth-order valence-electron chi connectivity index (χ4n) is 2.10. The highest BCUT2D eigenvalue weighted by Crippen LogP contribution is 2.44. The van der Waals surface area contributed by atoms with E-state index in [0.717, 1.165) is 29.9 Å². The molecule has 3 rings (SSSR count). The molecule has 4 heteroatoms. The minimum Gasteiger partial charge on any atom is -0.324 e. The van der Waals surface area contributed by atoms with Crippen molar-refractivity contribution in [2.45, 2.75) is 6.42 Å². The molecule has 1 aromatic heterocycles. The Morgan fingerprint density at radius 1 is 1.50 bits per heavy atom. The van der Waals surface area contributed by atoms with Crippen LogP contribution in [-0.2, 0) is 0 Å². The van der Waals surface area contributed by atoms with Crippen LogP contribution in [0.2, 0.25) is 0 Å². The lowest BCUT2D eigenvalue weighted by molar-refractivity contribution is 0.217. The molecule has 74 valence electrons. The predicted molar refractivity (Wildman–Crippen MR) is 56.5 cm³/mol. The quantitative estimate of drug-likeness (QED) is 0.754. The molecule has 2 fully saturated rings. The number of carbonyl (C=O) groups excluding carboxylic acids is 1. The summed E-state index contributed by atoms with van der Waals surface area (Å²) in [7, 11) is 0. The standard InChI is InChI=1S/C10H12N2OS/c13-10(11-9-2-1-3-14-9)12-5-7-4-8(7)6-12/h1-3,7-8H,4-6H2,(H,11,13). The van der Waals surface area contributed by atoms with Gasteiger partial charge < -0.3 is 4.90 Å². The first-order valence-corrected chi connectivity index (χ1v) is 5.80. The highest BCUT2D eigenvalue weighted by Gasteiger charge is 2.46. The van der Waals surface area contributed by atoms with Crippen LogP contribution < -0.4 is 5.32 Å². The van der Waals surface area contributed by atoms with Gasteiger partial charge in [0.15, 0.2) is 0 Å². The average Bonchev–Trinajstić information content (AvgIpc) is 2.68. The number of nitrogens with one attached hydrogen (secondary N) is 1. The monoisotopic (exact) mass is 208 g/mol. The van der Waals surface area contributed by atoms with Gasteiger partial charge in [-0.2, -0.15) is 0 Å². The third-order valence-corrected chi connectivity index (χ3v) is 3.80. The molecular weight excluding hydrogens is 196 g/mol. The minimum absolute atomic E-state index is 0.0691. The first-order chi connectivity index (χ1) is 6.83. The molecule has 14 heavy (non-hydrogen) atoms. The maximum absolute atomic E-state index is 11.7. The minimum atomic E-state index is 0.0691. The van der Waals surface area contributed by atoms with Gasteiger partial charge in [0, 0.05) is 13.1 Å². The molecule has 1 aliphatic carbocycles. The van der Waals surface area contributed by atoms with Crippen molar-refractivity contribution in [1.29, 1.82) is 0 Å². The summed E-state index contributed by atoms with van der Waals surface area (Å²) in [5, 5.41) is 5.82. The van der Waals surface area contributed by atoms with Crippen LogP contribution in [0.5, 0.6) is 0 Å². The van der Waals surface area contributed by atoms with Crippen LogP contribution in [0.4, 0.5) is 9.80 Å². The Morgan fingerprint density at radius 2 is 2.29 bits per heavy atom. The summed E-state index contributed by atoms with van der Waals surface area (Å²) in [5.41, 5.74) is 0. The van der Waals surface area contributed by atoms with E-state index in [4.69, 9.17) is 0 Å². The van der Waals surface area contributed by atoms with Crippen molar-refractivity contribution in [3.05, 3.63) is 17.5 Å². The number of piperidine rings is 1. The molecule has 2 aliphatic rings. The van der Waals surface area contributed by atoms with Gasteiger partial charge in [-0.05, 0) is 35.8 Å². The summed E-state index contributed by atoms with van der Waals surface area (Å²) < 4.78 is 0. The number of amides is 2. The smallest absolute Gasteiger partial charge is 0.322 e. The molecule has 1 saturated heterocycles. The maximum atomic E-state index is 11.7. The van der Waals surface area contributed by atoms with E-state index in [-0.39, 0.29) is 6.03 Å². The third-order valence-electron chi connectivity index (χ3n) is 3.02. The van der Waals surface area contributed by atoms with Crippen molar-refractivity contribution in [3.8, 4) is 0 Å². The number of rotatable bonds is 1. The van der Waals surface area contributed by atoms with E-state index in [1.165, 1.54) is 6.42 Å². The van der Waals surface area contributed by atoms with Crippen LogP contribution in [-0.4, -0.2) is 24.0 Å². The zero-order valence-electron chi connectivity index (χ0n) is 7.77. The molecule has 1 aliphatic heterocycles. The fraction of sp³-hybridized carbons (Fsp3) is 0.500. The van der Waals surface area contributed by atoms with Crippen molar-refractivity contribution in [2.75, 3.05) is 18.4 Å². The van der Waals surface area contributed by atoms with Gasteiger partial charge in [-0.3, -0.25) is 5.32 Å². The van der Waals surface area contributed by atoms with Crippen LogP contribution in [0.15, 0.2) is 17.5 Å². The van der Waals surface area contributed by atoms with Gasteiger partial charge in [0.05, 0.1) is 5.00 Å². The molecule has 2 unspecified atom stereocenters. The second-order valence-corrected chi connectivity index (χ2v) is 5.02. The van der Waals surface area contributed by atoms with Crippen molar-refractivity contribution < 1.29 is 4.79 Å². The third kappa shape index (κ3) is 1.39. The Hall–Kier alpha value is -1.03. The largest absolute Gasteiger partial charge is 0.324 e. The topological polar surface area (TPSA) is 32.3 Å². The van der Waals surface area contributed by atoms with Crippen LogP contribution in [0, 0.1) is 11.8 Å². The Bertz CT molecular complexity index is 339. The van der Waals surface area contributed by atoms with Crippen molar-refractivity contribution in [2.24, 2.45) is 11.8 Å². The number of fused-ring (bicyclic) bond motifs is 1. The summed E-state index contributed by atoms with van der Waals surface area (Å²) >= 11 is 1.56. The number of anilines is 1. The Balaban J connectivity index is 1.60. The van der Waals surface area contributed by atoms with E-state index in [1.807, 2.05) is 22.4 Å². The van der Waals surface area contributed by atoms with Gasteiger partial charge in [0.2, 0.25) is 0 Å². The second kappa shape index (κ2) is 2.98. The molecule has 1 aromatic rings. The summed E-state index contributed by atoms with van der Waals surface area (Å²) in [6, 6.07) is 3.95. The number of urea groups is 1. The molecule has 0 spiro atoms. The summed E-state index contributed by atoms with van der Waals surface area (Å²) in [6.45, 7) is 1.92. The highest BCUT2D eigenvalue weighted by atomic mass is 32.1. The van der Waals surface area contributed by atoms with E-state index in [2.05, 4.69) is 5.32 Å². The van der Waals surface area contributed by atoms with Gasteiger partial charge in [0.25, 0.3) is 0 Å². The van der Waals surface area contributed by atoms with Crippen LogP contribution >= 0.6 is 11.3 Å². The maximum Gasteiger partial charge on any atom is 0.322 e. The Morgan fingerprint density at radius 3 is 2.93 bits per heavy atom. The lowest BCUT2D eigenvalue weighted by Crippen LogP contribution is -2.34. The number of carbonyl (C=O) groups is 1. The van der Waals surface area contributed by atoms with E-state index in [9.17, 15) is 4.79 Å². The van der Waals surface area contributed by atoms with Gasteiger partial charge in [-0.15, -0.1) is 11.3 Å². The van der Waals surface area contributed by atoms with Gasteiger partial charge >= 0.3 is 6.03 Å². The number of thiophene rings is 1. The molecular formula is C10H12N2OS. The lowest BCUT2D eigenvalue weighted by atomic mass is 10.4. The van der Waals surface area contributed by atoms with Gasteiger partial charge in [-0.1, -0.05) is 0 Å². The average molecular weight is 208 g/mol. The molecule has 0 aromatic carbocycles. The second-order valence-electron chi connectivity index (χ2n) is 4.07. The first-order valence-electron chi connectivity index (χ1n) is 4.92. The zero-order valence-corrected chi connectivity index (χ0v) is 8.59. The van der Waals surface area contributed by atoms with E-state index in [1.54, 1.807) is 11.3 Å². The Kier molecular flexibility index (Phi) is 1.77. The fourth-order valence-corrected chi connectivity index (χ4v) is 2.71. The van der Waals surface area contributed by atoms with Gasteiger partial charge in [0.1, 0.15) is 0 Å². The predicted octanol–water partition coefficient (Wildman–Crippen LogP) is 2.23. The summed E-state index contributed by atoms with van der Waals surface area (Å²) in [5.74, 6) is 1.62. The normalized spacial score (nSPS) is 28.7. The number of likely N-dealkylation sites (tertiary alicyclic amines) is 1. The molecule has 2 atom stereocenters. The first kappa shape index (κ1) is 8.29.